The number of carbonyl (C=O) groups is 1. The van der Waals surface area contributed by atoms with E-state index in [1.54, 1.807) is 31.2 Å². The smallest absolute Gasteiger partial charge is 0.269 e. The predicted octanol–water partition coefficient (Wildman–Crippen LogP) is 1.99. The van der Waals surface area contributed by atoms with Crippen molar-refractivity contribution in [1.82, 2.24) is 9.59 Å². The summed E-state index contributed by atoms with van der Waals surface area (Å²) in [5.41, 5.74) is 1.83. The number of amides is 1. The van der Waals surface area contributed by atoms with E-state index in [2.05, 4.69) is 20.1 Å². The maximum absolute atomic E-state index is 11.8. The Morgan fingerprint density at radius 2 is 2.33 bits per heavy atom. The fourth-order valence-electron chi connectivity index (χ4n) is 1.34. The first-order chi connectivity index (χ1) is 8.70. The van der Waals surface area contributed by atoms with Crippen molar-refractivity contribution in [3.05, 3.63) is 40.9 Å². The zero-order valence-electron chi connectivity index (χ0n) is 9.49. The third-order valence-corrected chi connectivity index (χ3v) is 2.94. The minimum absolute atomic E-state index is 0.263. The number of carbonyl (C=O) groups excluding carboxylic acids is 1. The van der Waals surface area contributed by atoms with Crippen LogP contribution in [0.5, 0.6) is 0 Å². The van der Waals surface area contributed by atoms with E-state index in [1.807, 2.05) is 0 Å². The summed E-state index contributed by atoms with van der Waals surface area (Å²) in [6.07, 6.45) is 1.41. The lowest BCUT2D eigenvalue weighted by Crippen LogP contribution is -2.10. The van der Waals surface area contributed by atoms with Gasteiger partial charge in [-0.2, -0.15) is 0 Å². The van der Waals surface area contributed by atoms with E-state index in [0.717, 1.165) is 17.1 Å². The maximum atomic E-state index is 11.8. The van der Waals surface area contributed by atoms with Crippen LogP contribution in [0.3, 0.4) is 0 Å². The van der Waals surface area contributed by atoms with Crippen molar-refractivity contribution < 1.29 is 10.0 Å². The van der Waals surface area contributed by atoms with Crippen LogP contribution in [0.2, 0.25) is 0 Å². The molecule has 0 fully saturated rings. The van der Waals surface area contributed by atoms with Gasteiger partial charge in [-0.3, -0.25) is 4.79 Å². The Bertz CT molecular complexity index is 580. The second kappa shape index (κ2) is 5.37. The fraction of sp³-hybridized carbons (Fsp3) is 0.0909. The number of benzene rings is 1. The monoisotopic (exact) mass is 262 g/mol. The molecule has 0 atom stereocenters. The molecule has 0 bridgehead atoms. The summed E-state index contributed by atoms with van der Waals surface area (Å²) in [7, 11) is 0. The molecule has 2 N–H and O–H groups in total. The highest BCUT2D eigenvalue weighted by Gasteiger charge is 2.09. The average molecular weight is 262 g/mol. The van der Waals surface area contributed by atoms with Crippen LogP contribution in [-0.4, -0.2) is 26.4 Å². The molecule has 0 aliphatic heterocycles. The highest BCUT2D eigenvalue weighted by Crippen LogP contribution is 2.13. The number of hydrogen-bond donors (Lipinski definition) is 2. The van der Waals surface area contributed by atoms with E-state index in [4.69, 9.17) is 5.21 Å². The lowest BCUT2D eigenvalue weighted by Gasteiger charge is -2.05. The summed E-state index contributed by atoms with van der Waals surface area (Å²) in [4.78, 5) is 12.2. The van der Waals surface area contributed by atoms with Crippen LogP contribution in [-0.2, 0) is 0 Å². The predicted molar refractivity (Wildman–Crippen MR) is 68.3 cm³/mol. The van der Waals surface area contributed by atoms with Gasteiger partial charge >= 0.3 is 0 Å². The van der Waals surface area contributed by atoms with E-state index in [-0.39, 0.29) is 5.91 Å². The Balaban J connectivity index is 2.17. The molecule has 2 aromatic rings. The average Bonchev–Trinajstić information content (AvgIpc) is 2.92. The van der Waals surface area contributed by atoms with Gasteiger partial charge in [-0.1, -0.05) is 21.8 Å². The Labute approximate surface area is 107 Å². The Hall–Kier alpha value is -2.28. The van der Waals surface area contributed by atoms with Gasteiger partial charge in [0.1, 0.15) is 4.88 Å². The van der Waals surface area contributed by atoms with Gasteiger partial charge in [-0.15, -0.1) is 5.10 Å². The molecule has 1 aromatic carbocycles. The molecule has 7 heteroatoms. The van der Waals surface area contributed by atoms with Gasteiger partial charge in [0.25, 0.3) is 5.91 Å². The highest BCUT2D eigenvalue weighted by molar-refractivity contribution is 7.07. The summed E-state index contributed by atoms with van der Waals surface area (Å²) in [5, 5.41) is 18.1. The molecule has 0 radical (unpaired) electrons. The van der Waals surface area contributed by atoms with Crippen LogP contribution in [0.1, 0.15) is 22.2 Å². The molecule has 0 aliphatic carbocycles. The van der Waals surface area contributed by atoms with Gasteiger partial charge in [-0.05, 0) is 30.6 Å². The van der Waals surface area contributed by atoms with Crippen molar-refractivity contribution in [1.29, 1.82) is 0 Å². The van der Waals surface area contributed by atoms with Crippen LogP contribution >= 0.6 is 11.5 Å². The quantitative estimate of drug-likeness (QED) is 0.503. The van der Waals surface area contributed by atoms with E-state index in [0.29, 0.717) is 16.3 Å². The standard InChI is InChI=1S/C11H10N4O2S/c1-7(14-17)8-3-2-4-9(5-8)13-11(16)10-6-12-15-18-10/h2-6,17H,1H3,(H,13,16). The Morgan fingerprint density at radius 3 is 3.00 bits per heavy atom. The second-order valence-electron chi connectivity index (χ2n) is 3.50. The molecule has 2 rings (SSSR count). The SMILES string of the molecule is CC(=NO)c1cccc(NC(=O)c2cnns2)c1. The first kappa shape index (κ1) is 12.2. The van der Waals surface area contributed by atoms with Crippen molar-refractivity contribution in [2.75, 3.05) is 5.32 Å². The summed E-state index contributed by atoms with van der Waals surface area (Å²) in [5.74, 6) is -0.263. The number of rotatable bonds is 3. The molecule has 0 saturated carbocycles. The van der Waals surface area contributed by atoms with Gasteiger partial charge in [0.2, 0.25) is 0 Å². The lowest BCUT2D eigenvalue weighted by atomic mass is 10.1. The molecule has 92 valence electrons. The normalized spacial score (nSPS) is 11.3. The van der Waals surface area contributed by atoms with Crippen molar-refractivity contribution in [2.45, 2.75) is 6.92 Å². The molecule has 1 heterocycles. The summed E-state index contributed by atoms with van der Waals surface area (Å²) in [6.45, 7) is 1.67. The maximum Gasteiger partial charge on any atom is 0.269 e. The third kappa shape index (κ3) is 2.69. The van der Waals surface area contributed by atoms with Crippen molar-refractivity contribution >= 4 is 28.8 Å². The highest BCUT2D eigenvalue weighted by atomic mass is 32.1. The summed E-state index contributed by atoms with van der Waals surface area (Å²) < 4.78 is 3.62. The van der Waals surface area contributed by atoms with E-state index < -0.39 is 0 Å². The summed E-state index contributed by atoms with van der Waals surface area (Å²) >= 11 is 1.03. The topological polar surface area (TPSA) is 87.5 Å². The number of nitrogens with zero attached hydrogens (tertiary/aromatic N) is 3. The van der Waals surface area contributed by atoms with Crippen LogP contribution in [0.25, 0.3) is 0 Å². The minimum Gasteiger partial charge on any atom is -0.411 e. The lowest BCUT2D eigenvalue weighted by molar-refractivity contribution is 0.103. The molecule has 0 spiro atoms. The number of nitrogens with one attached hydrogen (secondary N) is 1. The summed E-state index contributed by atoms with van der Waals surface area (Å²) in [6, 6.07) is 7.03. The molecule has 0 unspecified atom stereocenters. The first-order valence-corrected chi connectivity index (χ1v) is 5.86. The van der Waals surface area contributed by atoms with Crippen molar-refractivity contribution in [2.24, 2.45) is 5.16 Å². The van der Waals surface area contributed by atoms with Gasteiger partial charge in [0, 0.05) is 11.3 Å². The van der Waals surface area contributed by atoms with Gasteiger partial charge < -0.3 is 10.5 Å². The fourth-order valence-corrected chi connectivity index (χ4v) is 1.75. The number of hydrogen-bond acceptors (Lipinski definition) is 6. The van der Waals surface area contributed by atoms with Gasteiger partial charge in [-0.25, -0.2) is 0 Å². The number of aromatic nitrogens is 2. The van der Waals surface area contributed by atoms with E-state index in [1.165, 1.54) is 6.20 Å². The molecule has 0 aliphatic rings. The molecule has 6 nitrogen and oxygen atoms in total. The molecule has 18 heavy (non-hydrogen) atoms. The Kier molecular flexibility index (Phi) is 3.63. The largest absolute Gasteiger partial charge is 0.411 e. The second-order valence-corrected chi connectivity index (χ2v) is 4.29. The minimum atomic E-state index is -0.263. The van der Waals surface area contributed by atoms with Crippen LogP contribution in [0, 0.1) is 0 Å². The van der Waals surface area contributed by atoms with Crippen LogP contribution < -0.4 is 5.32 Å². The number of anilines is 1. The van der Waals surface area contributed by atoms with Gasteiger partial charge in [0.15, 0.2) is 0 Å². The zero-order chi connectivity index (χ0) is 13.0. The van der Waals surface area contributed by atoms with Gasteiger partial charge in [0.05, 0.1) is 11.9 Å². The Morgan fingerprint density at radius 1 is 1.50 bits per heavy atom. The van der Waals surface area contributed by atoms with Crippen molar-refractivity contribution in [3.63, 3.8) is 0 Å². The molecule has 0 saturated heterocycles. The molecule has 1 aromatic heterocycles. The third-order valence-electron chi connectivity index (χ3n) is 2.27. The van der Waals surface area contributed by atoms with E-state index >= 15 is 0 Å². The molecular weight excluding hydrogens is 252 g/mol. The van der Waals surface area contributed by atoms with Crippen molar-refractivity contribution in [3.8, 4) is 0 Å². The zero-order valence-corrected chi connectivity index (χ0v) is 10.3. The molecule has 1 amide bonds. The van der Waals surface area contributed by atoms with Crippen LogP contribution in [0.15, 0.2) is 35.6 Å². The van der Waals surface area contributed by atoms with Crippen LogP contribution in [0.4, 0.5) is 5.69 Å². The number of oxime groups is 1. The molecular formula is C11H10N4O2S. The first-order valence-electron chi connectivity index (χ1n) is 5.08. The van der Waals surface area contributed by atoms with E-state index in [9.17, 15) is 4.79 Å².